The maximum absolute atomic E-state index is 13.8. The standard InChI is InChI=1S/C15H13FO3/c1-9-7-12(15(17)18)13(16)8-11(9)10-5-3-4-6-14(10)19-2/h3-8H,1-2H3,(H,17,18). The highest BCUT2D eigenvalue weighted by atomic mass is 19.1. The fraction of sp³-hybridized carbons (Fsp3) is 0.133. The van der Waals surface area contributed by atoms with Gasteiger partial charge in [-0.15, -0.1) is 0 Å². The molecule has 0 heterocycles. The molecule has 2 aromatic carbocycles. The van der Waals surface area contributed by atoms with Gasteiger partial charge in [-0.2, -0.15) is 0 Å². The Labute approximate surface area is 110 Å². The molecule has 1 N–H and O–H groups in total. The first kappa shape index (κ1) is 13.1. The minimum atomic E-state index is -1.27. The van der Waals surface area contributed by atoms with Gasteiger partial charge in [0.15, 0.2) is 0 Å². The van der Waals surface area contributed by atoms with Gasteiger partial charge < -0.3 is 9.84 Å². The van der Waals surface area contributed by atoms with E-state index in [4.69, 9.17) is 9.84 Å². The Hall–Kier alpha value is -2.36. The summed E-state index contributed by atoms with van der Waals surface area (Å²) >= 11 is 0. The molecule has 0 aromatic heterocycles. The molecule has 3 nitrogen and oxygen atoms in total. The molecule has 4 heteroatoms. The van der Waals surface area contributed by atoms with Crippen LogP contribution in [-0.4, -0.2) is 18.2 Å². The number of hydrogen-bond acceptors (Lipinski definition) is 2. The van der Waals surface area contributed by atoms with Crippen LogP contribution in [0.4, 0.5) is 4.39 Å². The summed E-state index contributed by atoms with van der Waals surface area (Å²) in [5.74, 6) is -1.40. The molecule has 98 valence electrons. The van der Waals surface area contributed by atoms with Gasteiger partial charge in [0.2, 0.25) is 0 Å². The van der Waals surface area contributed by atoms with Crippen LogP contribution >= 0.6 is 0 Å². The minimum absolute atomic E-state index is 0.323. The van der Waals surface area contributed by atoms with Crippen molar-refractivity contribution in [2.45, 2.75) is 6.92 Å². The highest BCUT2D eigenvalue weighted by Gasteiger charge is 2.15. The van der Waals surface area contributed by atoms with E-state index < -0.39 is 11.8 Å². The molecule has 19 heavy (non-hydrogen) atoms. The number of hydrogen-bond donors (Lipinski definition) is 1. The van der Waals surface area contributed by atoms with E-state index in [1.54, 1.807) is 19.1 Å². The summed E-state index contributed by atoms with van der Waals surface area (Å²) in [6.45, 7) is 1.74. The Balaban J connectivity index is 2.64. The Morgan fingerprint density at radius 3 is 2.53 bits per heavy atom. The zero-order valence-corrected chi connectivity index (χ0v) is 10.6. The van der Waals surface area contributed by atoms with Crippen molar-refractivity contribution in [1.82, 2.24) is 0 Å². The number of carbonyl (C=O) groups is 1. The van der Waals surface area contributed by atoms with E-state index in [1.165, 1.54) is 19.2 Å². The number of ether oxygens (including phenoxy) is 1. The van der Waals surface area contributed by atoms with Gasteiger partial charge in [-0.05, 0) is 36.2 Å². The second kappa shape index (κ2) is 5.10. The average Bonchev–Trinajstić information content (AvgIpc) is 2.40. The number of aromatic carboxylic acids is 1. The van der Waals surface area contributed by atoms with E-state index in [-0.39, 0.29) is 5.56 Å². The minimum Gasteiger partial charge on any atom is -0.496 e. The second-order valence-corrected chi connectivity index (χ2v) is 4.15. The van der Waals surface area contributed by atoms with Crippen molar-refractivity contribution >= 4 is 5.97 Å². The number of benzene rings is 2. The SMILES string of the molecule is COc1ccccc1-c1cc(F)c(C(=O)O)cc1C. The lowest BCUT2D eigenvalue weighted by Gasteiger charge is -2.12. The third kappa shape index (κ3) is 2.42. The Morgan fingerprint density at radius 2 is 1.89 bits per heavy atom. The molecule has 0 saturated heterocycles. The molecule has 0 atom stereocenters. The van der Waals surface area contributed by atoms with Crippen LogP contribution < -0.4 is 4.74 Å². The van der Waals surface area contributed by atoms with Crippen LogP contribution in [0.25, 0.3) is 11.1 Å². The molecule has 2 rings (SSSR count). The molecular formula is C15H13FO3. The molecule has 0 radical (unpaired) electrons. The highest BCUT2D eigenvalue weighted by molar-refractivity contribution is 5.89. The number of methoxy groups -OCH3 is 1. The van der Waals surface area contributed by atoms with Crippen LogP contribution in [0, 0.1) is 12.7 Å². The van der Waals surface area contributed by atoms with E-state index in [9.17, 15) is 9.18 Å². The number of aryl methyl sites for hydroxylation is 1. The lowest BCUT2D eigenvalue weighted by Crippen LogP contribution is -2.02. The van der Waals surface area contributed by atoms with Crippen molar-refractivity contribution in [3.05, 3.63) is 53.3 Å². The topological polar surface area (TPSA) is 46.5 Å². The van der Waals surface area contributed by atoms with Crippen molar-refractivity contribution in [3.8, 4) is 16.9 Å². The summed E-state index contributed by atoms with van der Waals surface area (Å²) in [7, 11) is 1.54. The first-order valence-electron chi connectivity index (χ1n) is 5.71. The normalized spacial score (nSPS) is 10.3. The van der Waals surface area contributed by atoms with Crippen molar-refractivity contribution in [2.24, 2.45) is 0 Å². The van der Waals surface area contributed by atoms with Crippen molar-refractivity contribution in [3.63, 3.8) is 0 Å². The summed E-state index contributed by atoms with van der Waals surface area (Å²) in [5.41, 5.74) is 1.72. The molecule has 2 aromatic rings. The van der Waals surface area contributed by atoms with Crippen LogP contribution in [0.2, 0.25) is 0 Å². The molecule has 0 fully saturated rings. The molecular weight excluding hydrogens is 247 g/mol. The predicted molar refractivity (Wildman–Crippen MR) is 70.1 cm³/mol. The third-order valence-corrected chi connectivity index (χ3v) is 2.94. The fourth-order valence-electron chi connectivity index (χ4n) is 2.00. The lowest BCUT2D eigenvalue weighted by molar-refractivity contribution is 0.0692. The second-order valence-electron chi connectivity index (χ2n) is 4.15. The van der Waals surface area contributed by atoms with E-state index >= 15 is 0 Å². The predicted octanol–water partition coefficient (Wildman–Crippen LogP) is 3.51. The molecule has 0 amide bonds. The number of carboxylic acid groups (broad SMARTS) is 1. The maximum atomic E-state index is 13.8. The Morgan fingerprint density at radius 1 is 1.21 bits per heavy atom. The van der Waals surface area contributed by atoms with E-state index in [0.717, 1.165) is 5.56 Å². The maximum Gasteiger partial charge on any atom is 0.338 e. The van der Waals surface area contributed by atoms with Crippen LogP contribution in [0.15, 0.2) is 36.4 Å². The number of para-hydroxylation sites is 1. The monoisotopic (exact) mass is 260 g/mol. The first-order valence-corrected chi connectivity index (χ1v) is 5.71. The number of rotatable bonds is 3. The van der Waals surface area contributed by atoms with Crippen molar-refractivity contribution < 1.29 is 19.0 Å². The molecule has 0 unspecified atom stereocenters. The molecule has 0 bridgehead atoms. The molecule has 0 aliphatic carbocycles. The van der Waals surface area contributed by atoms with Gasteiger partial charge in [-0.3, -0.25) is 0 Å². The average molecular weight is 260 g/mol. The van der Waals surface area contributed by atoms with Gasteiger partial charge in [-0.25, -0.2) is 9.18 Å². The van der Waals surface area contributed by atoms with Gasteiger partial charge in [0, 0.05) is 5.56 Å². The molecule has 0 aliphatic heterocycles. The fourth-order valence-corrected chi connectivity index (χ4v) is 2.00. The summed E-state index contributed by atoms with van der Waals surface area (Å²) in [4.78, 5) is 10.9. The van der Waals surface area contributed by atoms with Gasteiger partial charge in [-0.1, -0.05) is 18.2 Å². The zero-order valence-electron chi connectivity index (χ0n) is 10.6. The number of halogens is 1. The highest BCUT2D eigenvalue weighted by Crippen LogP contribution is 2.33. The third-order valence-electron chi connectivity index (χ3n) is 2.94. The first-order chi connectivity index (χ1) is 9.04. The van der Waals surface area contributed by atoms with E-state index in [1.807, 2.05) is 12.1 Å². The van der Waals surface area contributed by atoms with Gasteiger partial charge in [0.1, 0.15) is 11.6 Å². The van der Waals surface area contributed by atoms with E-state index in [2.05, 4.69) is 0 Å². The van der Waals surface area contributed by atoms with Gasteiger partial charge in [0.05, 0.1) is 12.7 Å². The molecule has 0 spiro atoms. The van der Waals surface area contributed by atoms with Gasteiger partial charge >= 0.3 is 5.97 Å². The van der Waals surface area contributed by atoms with Crippen molar-refractivity contribution in [2.75, 3.05) is 7.11 Å². The Bertz CT molecular complexity index is 635. The summed E-state index contributed by atoms with van der Waals surface area (Å²) in [5, 5.41) is 8.89. The number of carboxylic acids is 1. The molecule has 0 saturated carbocycles. The van der Waals surface area contributed by atoms with Crippen LogP contribution in [0.3, 0.4) is 0 Å². The van der Waals surface area contributed by atoms with Crippen LogP contribution in [-0.2, 0) is 0 Å². The van der Waals surface area contributed by atoms with Crippen LogP contribution in [0.1, 0.15) is 15.9 Å². The summed E-state index contributed by atoms with van der Waals surface area (Å²) in [6, 6.07) is 9.79. The van der Waals surface area contributed by atoms with Gasteiger partial charge in [0.25, 0.3) is 0 Å². The van der Waals surface area contributed by atoms with Crippen molar-refractivity contribution in [1.29, 1.82) is 0 Å². The molecule has 0 aliphatic rings. The summed E-state index contributed by atoms with van der Waals surface area (Å²) in [6.07, 6.45) is 0. The lowest BCUT2D eigenvalue weighted by atomic mass is 9.97. The van der Waals surface area contributed by atoms with E-state index in [0.29, 0.717) is 16.9 Å². The van der Waals surface area contributed by atoms with Crippen LogP contribution in [0.5, 0.6) is 5.75 Å². The summed E-state index contributed by atoms with van der Waals surface area (Å²) < 4.78 is 19.0. The zero-order chi connectivity index (χ0) is 14.0. The largest absolute Gasteiger partial charge is 0.496 e. The quantitative estimate of drug-likeness (QED) is 0.918. The Kier molecular flexibility index (Phi) is 3.51. The smallest absolute Gasteiger partial charge is 0.338 e.